The van der Waals surface area contributed by atoms with E-state index in [2.05, 4.69) is 10.5 Å². The van der Waals surface area contributed by atoms with E-state index in [0.29, 0.717) is 11.4 Å². The fourth-order valence-electron chi connectivity index (χ4n) is 2.63. The second kappa shape index (κ2) is 6.84. The Morgan fingerprint density at radius 1 is 1.08 bits per heavy atom. The number of anilines is 1. The molecule has 0 aliphatic carbocycles. The van der Waals surface area contributed by atoms with E-state index < -0.39 is 11.6 Å². The van der Waals surface area contributed by atoms with Gasteiger partial charge in [0, 0.05) is 17.8 Å². The summed E-state index contributed by atoms with van der Waals surface area (Å²) in [5.74, 6) is -1.53. The maximum Gasteiger partial charge on any atom is 0.230 e. The molecule has 1 N–H and O–H groups in total. The van der Waals surface area contributed by atoms with Gasteiger partial charge in [-0.25, -0.2) is 8.78 Å². The quantitative estimate of drug-likeness (QED) is 0.764. The molecule has 0 unspecified atom stereocenters. The van der Waals surface area contributed by atoms with E-state index in [0.717, 1.165) is 23.3 Å². The number of nitrogens with zero attached hydrogens (tertiary/aromatic N) is 1. The Hall–Kier alpha value is -3.02. The Morgan fingerprint density at radius 2 is 1.80 bits per heavy atom. The molecule has 4 nitrogen and oxygen atoms in total. The van der Waals surface area contributed by atoms with Crippen LogP contribution in [-0.2, 0) is 11.2 Å². The standard InChI is InChI=1S/C19H16F2N2O2/c1-11-5-12(2)7-14(6-11)22-19(24)10-15-9-18(25-23-15)16-4-3-13(20)8-17(16)21/h3-9H,10H2,1-2H3,(H,22,24). The van der Waals surface area contributed by atoms with Gasteiger partial charge in [-0.15, -0.1) is 0 Å². The molecular formula is C19H16F2N2O2. The van der Waals surface area contributed by atoms with Crippen LogP contribution in [-0.4, -0.2) is 11.1 Å². The van der Waals surface area contributed by atoms with E-state index in [4.69, 9.17) is 4.52 Å². The summed E-state index contributed by atoms with van der Waals surface area (Å²) in [7, 11) is 0. The molecule has 3 rings (SSSR count). The molecule has 0 saturated heterocycles. The minimum atomic E-state index is -0.748. The Balaban J connectivity index is 1.71. The van der Waals surface area contributed by atoms with Gasteiger partial charge in [0.1, 0.15) is 11.6 Å². The summed E-state index contributed by atoms with van der Waals surface area (Å²) in [4.78, 5) is 12.1. The van der Waals surface area contributed by atoms with Crippen molar-refractivity contribution in [2.75, 3.05) is 5.32 Å². The van der Waals surface area contributed by atoms with Gasteiger partial charge in [-0.3, -0.25) is 4.79 Å². The lowest BCUT2D eigenvalue weighted by Crippen LogP contribution is -2.14. The first-order valence-electron chi connectivity index (χ1n) is 7.70. The van der Waals surface area contributed by atoms with Crippen molar-refractivity contribution >= 4 is 11.6 Å². The van der Waals surface area contributed by atoms with Gasteiger partial charge in [-0.2, -0.15) is 0 Å². The fraction of sp³-hybridized carbons (Fsp3) is 0.158. The summed E-state index contributed by atoms with van der Waals surface area (Å²) in [5.41, 5.74) is 3.25. The molecule has 1 aromatic heterocycles. The predicted molar refractivity (Wildman–Crippen MR) is 90.1 cm³/mol. The van der Waals surface area contributed by atoms with E-state index in [-0.39, 0.29) is 23.7 Å². The van der Waals surface area contributed by atoms with E-state index in [1.807, 2.05) is 32.0 Å². The molecule has 0 radical (unpaired) electrons. The molecule has 25 heavy (non-hydrogen) atoms. The zero-order valence-electron chi connectivity index (χ0n) is 13.8. The van der Waals surface area contributed by atoms with Gasteiger partial charge >= 0.3 is 0 Å². The average Bonchev–Trinajstić information content (AvgIpc) is 2.93. The molecule has 1 heterocycles. The topological polar surface area (TPSA) is 55.1 Å². The number of aryl methyl sites for hydroxylation is 2. The molecule has 0 atom stereocenters. The molecule has 0 fully saturated rings. The predicted octanol–water partition coefficient (Wildman–Crippen LogP) is 4.42. The highest BCUT2D eigenvalue weighted by atomic mass is 19.1. The van der Waals surface area contributed by atoms with Crippen LogP contribution < -0.4 is 5.32 Å². The lowest BCUT2D eigenvalue weighted by Gasteiger charge is -2.06. The third-order valence-electron chi connectivity index (χ3n) is 3.60. The van der Waals surface area contributed by atoms with Crippen molar-refractivity contribution < 1.29 is 18.1 Å². The lowest BCUT2D eigenvalue weighted by atomic mass is 10.1. The van der Waals surface area contributed by atoms with Gasteiger partial charge in [0.2, 0.25) is 5.91 Å². The number of rotatable bonds is 4. The van der Waals surface area contributed by atoms with Crippen molar-refractivity contribution in [1.29, 1.82) is 0 Å². The van der Waals surface area contributed by atoms with Crippen LogP contribution in [0.1, 0.15) is 16.8 Å². The first-order valence-corrected chi connectivity index (χ1v) is 7.70. The van der Waals surface area contributed by atoms with Crippen LogP contribution in [0.3, 0.4) is 0 Å². The molecule has 6 heteroatoms. The molecule has 0 aliphatic rings. The van der Waals surface area contributed by atoms with Gasteiger partial charge < -0.3 is 9.84 Å². The maximum atomic E-state index is 13.8. The van der Waals surface area contributed by atoms with Gasteiger partial charge in [-0.05, 0) is 49.2 Å². The minimum Gasteiger partial charge on any atom is -0.356 e. The Morgan fingerprint density at radius 3 is 2.48 bits per heavy atom. The third-order valence-corrected chi connectivity index (χ3v) is 3.60. The summed E-state index contributed by atoms with van der Waals surface area (Å²) >= 11 is 0. The Bertz CT molecular complexity index is 915. The van der Waals surface area contributed by atoms with Crippen molar-refractivity contribution in [3.05, 3.63) is 70.9 Å². The molecule has 0 spiro atoms. The van der Waals surface area contributed by atoms with Crippen LogP contribution >= 0.6 is 0 Å². The van der Waals surface area contributed by atoms with Crippen molar-refractivity contribution in [2.45, 2.75) is 20.3 Å². The molecule has 128 valence electrons. The van der Waals surface area contributed by atoms with Crippen LogP contribution in [0.5, 0.6) is 0 Å². The van der Waals surface area contributed by atoms with E-state index in [1.165, 1.54) is 12.1 Å². The molecule has 0 saturated carbocycles. The molecule has 3 aromatic rings. The Kier molecular flexibility index (Phi) is 4.61. The maximum absolute atomic E-state index is 13.8. The highest BCUT2D eigenvalue weighted by molar-refractivity contribution is 5.92. The SMILES string of the molecule is Cc1cc(C)cc(NC(=O)Cc2cc(-c3ccc(F)cc3F)on2)c1. The summed E-state index contributed by atoms with van der Waals surface area (Å²) in [5, 5.41) is 6.57. The highest BCUT2D eigenvalue weighted by Crippen LogP contribution is 2.24. The van der Waals surface area contributed by atoms with Crippen molar-refractivity contribution in [2.24, 2.45) is 0 Å². The summed E-state index contributed by atoms with van der Waals surface area (Å²) in [6, 6.07) is 10.4. The first kappa shape index (κ1) is 16.8. The molecular weight excluding hydrogens is 326 g/mol. The largest absolute Gasteiger partial charge is 0.356 e. The Labute approximate surface area is 143 Å². The third kappa shape index (κ3) is 4.09. The van der Waals surface area contributed by atoms with Gasteiger partial charge in [0.25, 0.3) is 0 Å². The van der Waals surface area contributed by atoms with E-state index in [1.54, 1.807) is 0 Å². The van der Waals surface area contributed by atoms with Crippen molar-refractivity contribution in [1.82, 2.24) is 5.16 Å². The number of hydrogen-bond acceptors (Lipinski definition) is 3. The highest BCUT2D eigenvalue weighted by Gasteiger charge is 2.14. The van der Waals surface area contributed by atoms with Gasteiger partial charge in [0.05, 0.1) is 17.7 Å². The zero-order chi connectivity index (χ0) is 18.0. The van der Waals surface area contributed by atoms with Crippen molar-refractivity contribution in [3.8, 4) is 11.3 Å². The summed E-state index contributed by atoms with van der Waals surface area (Å²) in [6.45, 7) is 3.90. The smallest absolute Gasteiger partial charge is 0.230 e. The summed E-state index contributed by atoms with van der Waals surface area (Å²) in [6.07, 6.45) is -0.0146. The van der Waals surface area contributed by atoms with E-state index in [9.17, 15) is 13.6 Å². The molecule has 0 bridgehead atoms. The number of carbonyl (C=O) groups is 1. The lowest BCUT2D eigenvalue weighted by molar-refractivity contribution is -0.115. The first-order chi connectivity index (χ1) is 11.9. The molecule has 1 amide bonds. The fourth-order valence-corrected chi connectivity index (χ4v) is 2.63. The van der Waals surface area contributed by atoms with Crippen LogP contribution in [0, 0.1) is 25.5 Å². The number of amides is 1. The van der Waals surface area contributed by atoms with Crippen LogP contribution in [0.4, 0.5) is 14.5 Å². The number of benzene rings is 2. The number of nitrogens with one attached hydrogen (secondary N) is 1. The average molecular weight is 342 g/mol. The van der Waals surface area contributed by atoms with E-state index >= 15 is 0 Å². The number of aromatic nitrogens is 1. The van der Waals surface area contributed by atoms with Gasteiger partial charge in [0.15, 0.2) is 5.76 Å². The number of halogens is 2. The zero-order valence-corrected chi connectivity index (χ0v) is 13.8. The second-order valence-corrected chi connectivity index (χ2v) is 5.91. The second-order valence-electron chi connectivity index (χ2n) is 5.91. The molecule has 0 aliphatic heterocycles. The number of hydrogen-bond donors (Lipinski definition) is 1. The number of carbonyl (C=O) groups excluding carboxylic acids is 1. The summed E-state index contributed by atoms with van der Waals surface area (Å²) < 4.78 is 31.8. The monoisotopic (exact) mass is 342 g/mol. The van der Waals surface area contributed by atoms with Gasteiger partial charge in [-0.1, -0.05) is 11.2 Å². The normalized spacial score (nSPS) is 10.7. The molecule has 2 aromatic carbocycles. The minimum absolute atomic E-state index is 0.0146. The van der Waals surface area contributed by atoms with Crippen LogP contribution in [0.15, 0.2) is 47.0 Å². The van der Waals surface area contributed by atoms with Crippen LogP contribution in [0.2, 0.25) is 0 Å². The van der Waals surface area contributed by atoms with Crippen LogP contribution in [0.25, 0.3) is 11.3 Å². The van der Waals surface area contributed by atoms with Crippen molar-refractivity contribution in [3.63, 3.8) is 0 Å².